The second-order valence-electron chi connectivity index (χ2n) is 6.16. The standard InChI is InChI=1S/C20H21F2N3O6/c1-24-20(28)17(10-4-5-12(21)13(22)6-10)25-19(27)11-7-14(29-2)18(15(8-11)30-3)31-9-16(23)26/h4-8,17H,9H2,1-3H3,(H2,23,26)(H,24,28)(H,25,27). The monoisotopic (exact) mass is 437 g/mol. The molecule has 0 bridgehead atoms. The van der Waals surface area contributed by atoms with Gasteiger partial charge in [0, 0.05) is 12.6 Å². The van der Waals surface area contributed by atoms with Crippen molar-refractivity contribution in [2.75, 3.05) is 27.9 Å². The number of nitrogens with two attached hydrogens (primary N) is 1. The molecule has 0 aromatic heterocycles. The van der Waals surface area contributed by atoms with Gasteiger partial charge < -0.3 is 30.6 Å². The molecule has 11 heteroatoms. The highest BCUT2D eigenvalue weighted by molar-refractivity contribution is 5.99. The fourth-order valence-corrected chi connectivity index (χ4v) is 2.65. The number of hydrogen-bond donors (Lipinski definition) is 3. The van der Waals surface area contributed by atoms with Gasteiger partial charge in [0.2, 0.25) is 11.7 Å². The number of methoxy groups -OCH3 is 2. The van der Waals surface area contributed by atoms with Crippen LogP contribution in [-0.2, 0) is 9.59 Å². The number of rotatable bonds is 9. The third-order valence-electron chi connectivity index (χ3n) is 4.14. The van der Waals surface area contributed by atoms with E-state index < -0.39 is 42.0 Å². The van der Waals surface area contributed by atoms with Crippen molar-refractivity contribution in [3.63, 3.8) is 0 Å². The molecule has 2 rings (SSSR count). The molecule has 4 N–H and O–H groups in total. The summed E-state index contributed by atoms with van der Waals surface area (Å²) in [5.74, 6) is -4.21. The van der Waals surface area contributed by atoms with Gasteiger partial charge in [-0.25, -0.2) is 8.78 Å². The van der Waals surface area contributed by atoms with Crippen molar-refractivity contribution in [1.82, 2.24) is 10.6 Å². The van der Waals surface area contributed by atoms with E-state index in [1.807, 2.05) is 0 Å². The summed E-state index contributed by atoms with van der Waals surface area (Å²) in [6.07, 6.45) is 0. The lowest BCUT2D eigenvalue weighted by Gasteiger charge is -2.19. The zero-order valence-electron chi connectivity index (χ0n) is 17.0. The number of nitrogens with one attached hydrogen (secondary N) is 2. The molecular weight excluding hydrogens is 416 g/mol. The van der Waals surface area contributed by atoms with E-state index >= 15 is 0 Å². The van der Waals surface area contributed by atoms with Crippen LogP contribution >= 0.6 is 0 Å². The first-order valence-corrected chi connectivity index (χ1v) is 8.86. The van der Waals surface area contributed by atoms with E-state index in [9.17, 15) is 23.2 Å². The summed E-state index contributed by atoms with van der Waals surface area (Å²) < 4.78 is 42.6. The molecule has 2 aromatic rings. The summed E-state index contributed by atoms with van der Waals surface area (Å²) in [7, 11) is 3.95. The Kier molecular flexibility index (Phi) is 7.72. The summed E-state index contributed by atoms with van der Waals surface area (Å²) in [4.78, 5) is 36.1. The van der Waals surface area contributed by atoms with E-state index in [2.05, 4.69) is 10.6 Å². The van der Waals surface area contributed by atoms with Crippen molar-refractivity contribution in [1.29, 1.82) is 0 Å². The van der Waals surface area contributed by atoms with Crippen LogP contribution in [0.1, 0.15) is 22.0 Å². The minimum atomic E-state index is -1.31. The van der Waals surface area contributed by atoms with Crippen molar-refractivity contribution in [2.24, 2.45) is 5.73 Å². The Morgan fingerprint density at radius 2 is 1.65 bits per heavy atom. The predicted octanol–water partition coefficient (Wildman–Crippen LogP) is 1.06. The highest BCUT2D eigenvalue weighted by atomic mass is 19.2. The lowest BCUT2D eigenvalue weighted by molar-refractivity contribution is -0.122. The molecule has 0 heterocycles. The molecule has 166 valence electrons. The van der Waals surface area contributed by atoms with Gasteiger partial charge in [0.15, 0.2) is 29.7 Å². The van der Waals surface area contributed by atoms with Crippen LogP contribution < -0.4 is 30.6 Å². The maximum atomic E-state index is 13.6. The largest absolute Gasteiger partial charge is 0.493 e. The van der Waals surface area contributed by atoms with E-state index in [0.29, 0.717) is 0 Å². The number of carbonyl (C=O) groups is 3. The van der Waals surface area contributed by atoms with E-state index in [-0.39, 0.29) is 28.4 Å². The van der Waals surface area contributed by atoms with Crippen LogP contribution in [0.2, 0.25) is 0 Å². The van der Waals surface area contributed by atoms with Gasteiger partial charge in [-0.3, -0.25) is 14.4 Å². The summed E-state index contributed by atoms with van der Waals surface area (Å²) in [6, 6.07) is 4.12. The van der Waals surface area contributed by atoms with Gasteiger partial charge in [-0.1, -0.05) is 6.07 Å². The van der Waals surface area contributed by atoms with Gasteiger partial charge in [-0.2, -0.15) is 0 Å². The molecule has 1 atom stereocenters. The fourth-order valence-electron chi connectivity index (χ4n) is 2.65. The van der Waals surface area contributed by atoms with Crippen LogP contribution in [0.4, 0.5) is 8.78 Å². The normalized spacial score (nSPS) is 11.3. The average molecular weight is 437 g/mol. The SMILES string of the molecule is CNC(=O)C(NC(=O)c1cc(OC)c(OCC(N)=O)c(OC)c1)c1ccc(F)c(F)c1. The van der Waals surface area contributed by atoms with Crippen molar-refractivity contribution < 1.29 is 37.4 Å². The van der Waals surface area contributed by atoms with E-state index in [0.717, 1.165) is 12.1 Å². The molecular formula is C20H21F2N3O6. The summed E-state index contributed by atoms with van der Waals surface area (Å²) in [5, 5.41) is 4.81. The molecule has 0 aliphatic rings. The topological polar surface area (TPSA) is 129 Å². The van der Waals surface area contributed by atoms with Crippen LogP contribution in [0.5, 0.6) is 17.2 Å². The number of primary amides is 1. The molecule has 0 saturated heterocycles. The maximum absolute atomic E-state index is 13.6. The zero-order chi connectivity index (χ0) is 23.1. The Morgan fingerprint density at radius 1 is 1.03 bits per heavy atom. The van der Waals surface area contributed by atoms with E-state index in [1.54, 1.807) is 0 Å². The van der Waals surface area contributed by atoms with Gasteiger partial charge >= 0.3 is 0 Å². The number of likely N-dealkylation sites (N-methyl/N-ethyl adjacent to an activating group) is 1. The molecule has 9 nitrogen and oxygen atoms in total. The Hall–Kier alpha value is -3.89. The van der Waals surface area contributed by atoms with Gasteiger partial charge in [0.1, 0.15) is 6.04 Å². The Labute approximate surface area is 176 Å². The number of benzene rings is 2. The quantitative estimate of drug-likeness (QED) is 0.538. The van der Waals surface area contributed by atoms with E-state index in [4.69, 9.17) is 19.9 Å². The second-order valence-corrected chi connectivity index (χ2v) is 6.16. The molecule has 0 aliphatic carbocycles. The number of carbonyl (C=O) groups excluding carboxylic acids is 3. The van der Waals surface area contributed by atoms with Crippen molar-refractivity contribution in [3.05, 3.63) is 53.1 Å². The highest BCUT2D eigenvalue weighted by Gasteiger charge is 2.25. The fraction of sp³-hybridized carbons (Fsp3) is 0.250. The Morgan fingerprint density at radius 3 is 2.13 bits per heavy atom. The molecule has 0 radical (unpaired) electrons. The smallest absolute Gasteiger partial charge is 0.255 e. The summed E-state index contributed by atoms with van der Waals surface area (Å²) in [6.45, 7) is -0.451. The summed E-state index contributed by atoms with van der Waals surface area (Å²) >= 11 is 0. The summed E-state index contributed by atoms with van der Waals surface area (Å²) in [5.41, 5.74) is 5.12. The first-order chi connectivity index (χ1) is 14.7. The Bertz CT molecular complexity index is 974. The number of halogens is 2. The average Bonchev–Trinajstić information content (AvgIpc) is 2.76. The number of hydrogen-bond acceptors (Lipinski definition) is 6. The molecule has 0 aliphatic heterocycles. The third kappa shape index (κ3) is 5.59. The number of amides is 3. The first kappa shape index (κ1) is 23.4. The Balaban J connectivity index is 2.39. The maximum Gasteiger partial charge on any atom is 0.255 e. The molecule has 3 amide bonds. The van der Waals surface area contributed by atoms with Gasteiger partial charge in [-0.05, 0) is 29.8 Å². The van der Waals surface area contributed by atoms with E-state index in [1.165, 1.54) is 39.5 Å². The third-order valence-corrected chi connectivity index (χ3v) is 4.14. The van der Waals surface area contributed by atoms with Crippen LogP contribution in [0.15, 0.2) is 30.3 Å². The molecule has 0 saturated carbocycles. The van der Waals surface area contributed by atoms with Crippen LogP contribution in [0, 0.1) is 11.6 Å². The minimum absolute atomic E-state index is 0.0108. The van der Waals surface area contributed by atoms with Crippen molar-refractivity contribution in [2.45, 2.75) is 6.04 Å². The van der Waals surface area contributed by atoms with Crippen molar-refractivity contribution >= 4 is 17.7 Å². The number of ether oxygens (including phenoxy) is 3. The molecule has 31 heavy (non-hydrogen) atoms. The van der Waals surface area contributed by atoms with Gasteiger partial charge in [0.05, 0.1) is 14.2 Å². The lowest BCUT2D eigenvalue weighted by Crippen LogP contribution is -2.39. The molecule has 0 spiro atoms. The minimum Gasteiger partial charge on any atom is -0.493 e. The molecule has 1 unspecified atom stereocenters. The van der Waals surface area contributed by atoms with Crippen molar-refractivity contribution in [3.8, 4) is 17.2 Å². The lowest BCUT2D eigenvalue weighted by atomic mass is 10.0. The molecule has 0 fully saturated rings. The van der Waals surface area contributed by atoms with Gasteiger partial charge in [0.25, 0.3) is 11.8 Å². The second kappa shape index (κ2) is 10.2. The predicted molar refractivity (Wildman–Crippen MR) is 105 cm³/mol. The van der Waals surface area contributed by atoms with Crippen LogP contribution in [-0.4, -0.2) is 45.6 Å². The first-order valence-electron chi connectivity index (χ1n) is 8.86. The van der Waals surface area contributed by atoms with Crippen LogP contribution in [0.25, 0.3) is 0 Å². The molecule has 2 aromatic carbocycles. The highest BCUT2D eigenvalue weighted by Crippen LogP contribution is 2.38. The van der Waals surface area contributed by atoms with Crippen LogP contribution in [0.3, 0.4) is 0 Å². The van der Waals surface area contributed by atoms with Gasteiger partial charge in [-0.15, -0.1) is 0 Å². The zero-order valence-corrected chi connectivity index (χ0v) is 17.0.